The summed E-state index contributed by atoms with van der Waals surface area (Å²) < 4.78 is 2.29. The van der Waals surface area contributed by atoms with Crippen LogP contribution in [0.25, 0.3) is 54.9 Å². The van der Waals surface area contributed by atoms with E-state index in [1.165, 1.54) is 70.5 Å². The monoisotopic (exact) mass is 574 g/mol. The van der Waals surface area contributed by atoms with Gasteiger partial charge < -0.3 is 0 Å². The Morgan fingerprint density at radius 2 is 1.00 bits per heavy atom. The highest BCUT2D eigenvalue weighted by Gasteiger charge is 2.25. The van der Waals surface area contributed by atoms with Crippen molar-refractivity contribution in [1.29, 1.82) is 0 Å². The SMILES string of the molecule is Brc1cc(-c2ccc3ccccc3c2)c2c(c1)-c1cc(-c3ccc4ccccc4c3)cc(Br)c1C2. The van der Waals surface area contributed by atoms with Crippen molar-refractivity contribution in [2.75, 3.05) is 0 Å². The van der Waals surface area contributed by atoms with E-state index < -0.39 is 0 Å². The molecule has 7 rings (SSSR count). The highest BCUT2D eigenvalue weighted by molar-refractivity contribution is 9.10. The molecule has 35 heavy (non-hydrogen) atoms. The second kappa shape index (κ2) is 8.19. The zero-order chi connectivity index (χ0) is 23.5. The summed E-state index contributed by atoms with van der Waals surface area (Å²) in [6.45, 7) is 0. The van der Waals surface area contributed by atoms with Crippen LogP contribution in [0.3, 0.4) is 0 Å². The van der Waals surface area contributed by atoms with Crippen LogP contribution < -0.4 is 0 Å². The molecule has 2 heteroatoms. The molecule has 0 atom stereocenters. The van der Waals surface area contributed by atoms with Gasteiger partial charge >= 0.3 is 0 Å². The van der Waals surface area contributed by atoms with Gasteiger partial charge in [-0.3, -0.25) is 0 Å². The number of fused-ring (bicyclic) bond motifs is 5. The van der Waals surface area contributed by atoms with Crippen LogP contribution in [-0.2, 0) is 6.42 Å². The summed E-state index contributed by atoms with van der Waals surface area (Å²) in [6, 6.07) is 39.9. The van der Waals surface area contributed by atoms with E-state index in [1.807, 2.05) is 0 Å². The van der Waals surface area contributed by atoms with Crippen molar-refractivity contribution in [1.82, 2.24) is 0 Å². The fourth-order valence-electron chi connectivity index (χ4n) is 5.45. The fourth-order valence-corrected chi connectivity index (χ4v) is 6.51. The Kier molecular flexibility index (Phi) is 4.94. The van der Waals surface area contributed by atoms with Crippen LogP contribution in [-0.4, -0.2) is 0 Å². The van der Waals surface area contributed by atoms with Crippen molar-refractivity contribution >= 4 is 53.4 Å². The van der Waals surface area contributed by atoms with Crippen LogP contribution in [0.4, 0.5) is 0 Å². The predicted molar refractivity (Wildman–Crippen MR) is 156 cm³/mol. The Morgan fingerprint density at radius 3 is 1.71 bits per heavy atom. The molecule has 0 amide bonds. The topological polar surface area (TPSA) is 0 Å². The number of hydrogen-bond donors (Lipinski definition) is 0. The van der Waals surface area contributed by atoms with Gasteiger partial charge in [-0.25, -0.2) is 0 Å². The molecule has 6 aromatic rings. The van der Waals surface area contributed by atoms with E-state index in [-0.39, 0.29) is 0 Å². The summed E-state index contributed by atoms with van der Waals surface area (Å²) in [6.07, 6.45) is 0.929. The lowest BCUT2D eigenvalue weighted by molar-refractivity contribution is 1.25. The maximum Gasteiger partial charge on any atom is 0.0223 e. The van der Waals surface area contributed by atoms with E-state index >= 15 is 0 Å². The molecule has 0 saturated carbocycles. The normalized spacial score (nSPS) is 12.2. The lowest BCUT2D eigenvalue weighted by Crippen LogP contribution is -1.89. The molecule has 1 aliphatic rings. The van der Waals surface area contributed by atoms with Gasteiger partial charge in [-0.2, -0.15) is 0 Å². The minimum Gasteiger partial charge on any atom is -0.0616 e. The van der Waals surface area contributed by atoms with Crippen LogP contribution in [0.1, 0.15) is 11.1 Å². The number of rotatable bonds is 2. The van der Waals surface area contributed by atoms with Crippen LogP contribution in [0, 0.1) is 0 Å². The predicted octanol–water partition coefficient (Wildman–Crippen LogP) is 10.4. The highest BCUT2D eigenvalue weighted by atomic mass is 79.9. The number of halogens is 2. The Morgan fingerprint density at radius 1 is 0.429 bits per heavy atom. The Balaban J connectivity index is 1.40. The summed E-state index contributed by atoms with van der Waals surface area (Å²) in [4.78, 5) is 0. The van der Waals surface area contributed by atoms with Gasteiger partial charge in [0.15, 0.2) is 0 Å². The summed E-state index contributed by atoms with van der Waals surface area (Å²) in [5.41, 5.74) is 10.4. The fraction of sp³-hybridized carbons (Fsp3) is 0.0303. The van der Waals surface area contributed by atoms with Crippen LogP contribution >= 0.6 is 31.9 Å². The molecule has 0 aliphatic heterocycles. The zero-order valence-corrected chi connectivity index (χ0v) is 22.0. The Hall–Kier alpha value is -3.20. The second-order valence-electron chi connectivity index (χ2n) is 9.26. The van der Waals surface area contributed by atoms with Gasteiger partial charge in [0.05, 0.1) is 0 Å². The molecule has 0 nitrogen and oxygen atoms in total. The average Bonchev–Trinajstić information content (AvgIpc) is 3.26. The lowest BCUT2D eigenvalue weighted by Gasteiger charge is -2.12. The van der Waals surface area contributed by atoms with Crippen molar-refractivity contribution in [2.45, 2.75) is 6.42 Å². The van der Waals surface area contributed by atoms with E-state index in [1.54, 1.807) is 0 Å². The lowest BCUT2D eigenvalue weighted by atomic mass is 9.94. The standard InChI is InChI=1S/C33H20Br2/c34-27-17-28(25-12-10-21-6-2-4-8-23(21)14-25)31-19-32-29(30(31)18-27)15-26(16-33(32)35)24-11-9-20-5-1-3-7-22(20)13-24/h1-18H,19H2. The van der Waals surface area contributed by atoms with Crippen molar-refractivity contribution in [3.05, 3.63) is 129 Å². The first-order chi connectivity index (χ1) is 17.1. The van der Waals surface area contributed by atoms with Crippen molar-refractivity contribution in [2.24, 2.45) is 0 Å². The molecule has 0 unspecified atom stereocenters. The summed E-state index contributed by atoms with van der Waals surface area (Å²) in [5.74, 6) is 0. The molecule has 1 aliphatic carbocycles. The molecule has 6 aromatic carbocycles. The summed E-state index contributed by atoms with van der Waals surface area (Å²) in [5, 5.41) is 5.08. The van der Waals surface area contributed by atoms with Crippen LogP contribution in [0.15, 0.2) is 118 Å². The first-order valence-corrected chi connectivity index (χ1v) is 13.4. The minimum absolute atomic E-state index is 0.929. The molecule has 0 aromatic heterocycles. The van der Waals surface area contributed by atoms with Crippen LogP contribution in [0.2, 0.25) is 0 Å². The molecule has 166 valence electrons. The summed E-state index contributed by atoms with van der Waals surface area (Å²) in [7, 11) is 0. The minimum atomic E-state index is 0.929. The summed E-state index contributed by atoms with van der Waals surface area (Å²) >= 11 is 7.74. The van der Waals surface area contributed by atoms with E-state index in [9.17, 15) is 0 Å². The number of hydrogen-bond acceptors (Lipinski definition) is 0. The van der Waals surface area contributed by atoms with Gasteiger partial charge in [-0.05, 0) is 102 Å². The van der Waals surface area contributed by atoms with E-state index in [4.69, 9.17) is 0 Å². The quantitative estimate of drug-likeness (QED) is 0.192. The van der Waals surface area contributed by atoms with E-state index in [2.05, 4.69) is 141 Å². The smallest absolute Gasteiger partial charge is 0.0223 e. The number of benzene rings is 6. The molecule has 0 saturated heterocycles. The maximum absolute atomic E-state index is 3.92. The molecule has 0 radical (unpaired) electrons. The first-order valence-electron chi connectivity index (χ1n) is 11.8. The van der Waals surface area contributed by atoms with Gasteiger partial charge in [0.2, 0.25) is 0 Å². The van der Waals surface area contributed by atoms with Gasteiger partial charge in [-0.15, -0.1) is 0 Å². The second-order valence-corrected chi connectivity index (χ2v) is 11.0. The van der Waals surface area contributed by atoms with Crippen molar-refractivity contribution in [3.8, 4) is 33.4 Å². The Bertz CT molecular complexity index is 1800. The molecule has 0 N–H and O–H groups in total. The van der Waals surface area contributed by atoms with Crippen molar-refractivity contribution in [3.63, 3.8) is 0 Å². The molecular weight excluding hydrogens is 556 g/mol. The third-order valence-corrected chi connectivity index (χ3v) is 8.36. The third kappa shape index (κ3) is 3.55. The van der Waals surface area contributed by atoms with Crippen LogP contribution in [0.5, 0.6) is 0 Å². The average molecular weight is 576 g/mol. The van der Waals surface area contributed by atoms with Gasteiger partial charge in [-0.1, -0.05) is 105 Å². The largest absolute Gasteiger partial charge is 0.0616 e. The van der Waals surface area contributed by atoms with Gasteiger partial charge in [0, 0.05) is 15.4 Å². The maximum atomic E-state index is 3.92. The first kappa shape index (κ1) is 21.1. The zero-order valence-electron chi connectivity index (χ0n) is 18.9. The Labute approximate surface area is 221 Å². The molecule has 0 spiro atoms. The van der Waals surface area contributed by atoms with Gasteiger partial charge in [0.25, 0.3) is 0 Å². The molecule has 0 heterocycles. The van der Waals surface area contributed by atoms with Gasteiger partial charge in [0.1, 0.15) is 0 Å². The van der Waals surface area contributed by atoms with E-state index in [0.717, 1.165) is 10.9 Å². The highest BCUT2D eigenvalue weighted by Crippen LogP contribution is 2.47. The molecule has 0 fully saturated rings. The molecular formula is C33H20Br2. The van der Waals surface area contributed by atoms with E-state index in [0.29, 0.717) is 0 Å². The molecule has 0 bridgehead atoms. The van der Waals surface area contributed by atoms with Crippen molar-refractivity contribution < 1.29 is 0 Å². The third-order valence-electron chi connectivity index (χ3n) is 7.20.